The Hall–Kier alpha value is -1.38. The van der Waals surface area contributed by atoms with Gasteiger partial charge in [-0.05, 0) is 67.1 Å². The van der Waals surface area contributed by atoms with Crippen molar-refractivity contribution in [3.63, 3.8) is 0 Å². The number of nitrogens with two attached hydrogens (primary N) is 1. The van der Waals surface area contributed by atoms with Gasteiger partial charge in [0.1, 0.15) is 5.82 Å². The minimum Gasteiger partial charge on any atom is -0.327 e. The minimum atomic E-state index is -0.245. The van der Waals surface area contributed by atoms with E-state index in [9.17, 15) is 4.39 Å². The van der Waals surface area contributed by atoms with Crippen molar-refractivity contribution in [1.29, 1.82) is 0 Å². The first-order valence-electron chi connectivity index (χ1n) is 6.71. The van der Waals surface area contributed by atoms with Crippen LogP contribution in [0.5, 0.6) is 0 Å². The van der Waals surface area contributed by atoms with Crippen LogP contribution < -0.4 is 5.73 Å². The van der Waals surface area contributed by atoms with Crippen molar-refractivity contribution in [3.8, 4) is 0 Å². The highest BCUT2D eigenvalue weighted by Gasteiger charge is 2.10. The van der Waals surface area contributed by atoms with Crippen LogP contribution in [-0.4, -0.2) is 6.04 Å². The molecule has 1 nitrogen and oxygen atoms in total. The standard InChI is InChI=1S/C17H19ClFN/c1-11-3-4-13(7-12(11)2)8-16(20)10-14-9-15(18)5-6-17(14)19/h3-7,9,16H,8,10,20H2,1-2H3. The Bertz CT molecular complexity index is 610. The van der Waals surface area contributed by atoms with Gasteiger partial charge in [0.15, 0.2) is 0 Å². The summed E-state index contributed by atoms with van der Waals surface area (Å²) in [5.74, 6) is -0.245. The number of aryl methyl sites for hydroxylation is 2. The van der Waals surface area contributed by atoms with Gasteiger partial charge in [-0.15, -0.1) is 0 Å². The Kier molecular flexibility index (Phi) is 4.79. The monoisotopic (exact) mass is 291 g/mol. The fraction of sp³-hybridized carbons (Fsp3) is 0.294. The molecular formula is C17H19ClFN. The van der Waals surface area contributed by atoms with Gasteiger partial charge < -0.3 is 5.73 Å². The molecule has 0 amide bonds. The van der Waals surface area contributed by atoms with E-state index in [-0.39, 0.29) is 11.9 Å². The topological polar surface area (TPSA) is 26.0 Å². The van der Waals surface area contributed by atoms with Crippen LogP contribution in [0.25, 0.3) is 0 Å². The summed E-state index contributed by atoms with van der Waals surface area (Å²) < 4.78 is 13.7. The van der Waals surface area contributed by atoms with Crippen molar-refractivity contribution in [3.05, 3.63) is 69.5 Å². The number of hydrogen-bond donors (Lipinski definition) is 1. The Labute approximate surface area is 124 Å². The molecule has 0 aliphatic heterocycles. The average Bonchev–Trinajstić information content (AvgIpc) is 2.38. The molecule has 1 unspecified atom stereocenters. The smallest absolute Gasteiger partial charge is 0.126 e. The summed E-state index contributed by atoms with van der Waals surface area (Å²) in [6.07, 6.45) is 1.21. The summed E-state index contributed by atoms with van der Waals surface area (Å²) in [7, 11) is 0. The second-order valence-corrected chi connectivity index (χ2v) is 5.76. The molecule has 2 aromatic rings. The third kappa shape index (κ3) is 3.81. The van der Waals surface area contributed by atoms with Crippen molar-refractivity contribution in [2.75, 3.05) is 0 Å². The van der Waals surface area contributed by atoms with E-state index in [0.717, 1.165) is 6.42 Å². The summed E-state index contributed by atoms with van der Waals surface area (Å²) >= 11 is 5.89. The fourth-order valence-corrected chi connectivity index (χ4v) is 2.48. The molecule has 0 fully saturated rings. The highest BCUT2D eigenvalue weighted by Crippen LogP contribution is 2.18. The zero-order chi connectivity index (χ0) is 14.7. The van der Waals surface area contributed by atoms with Crippen LogP contribution in [-0.2, 0) is 12.8 Å². The first-order valence-corrected chi connectivity index (χ1v) is 7.09. The molecule has 2 N–H and O–H groups in total. The molecule has 20 heavy (non-hydrogen) atoms. The summed E-state index contributed by atoms with van der Waals surface area (Å²) in [6, 6.07) is 10.8. The van der Waals surface area contributed by atoms with Gasteiger partial charge in [0.2, 0.25) is 0 Å². The average molecular weight is 292 g/mol. The van der Waals surface area contributed by atoms with E-state index in [1.165, 1.54) is 22.8 Å². The van der Waals surface area contributed by atoms with Crippen LogP contribution in [0.1, 0.15) is 22.3 Å². The third-order valence-electron chi connectivity index (χ3n) is 3.56. The van der Waals surface area contributed by atoms with E-state index in [1.54, 1.807) is 12.1 Å². The van der Waals surface area contributed by atoms with Crippen LogP contribution in [0.15, 0.2) is 36.4 Å². The highest BCUT2D eigenvalue weighted by molar-refractivity contribution is 6.30. The molecule has 1 atom stereocenters. The highest BCUT2D eigenvalue weighted by atomic mass is 35.5. The predicted octanol–water partition coefficient (Wildman–Crippen LogP) is 4.21. The fourth-order valence-electron chi connectivity index (χ4n) is 2.29. The largest absolute Gasteiger partial charge is 0.327 e. The van der Waals surface area contributed by atoms with E-state index in [0.29, 0.717) is 17.0 Å². The van der Waals surface area contributed by atoms with E-state index in [2.05, 4.69) is 32.0 Å². The number of halogens is 2. The molecule has 0 aliphatic carbocycles. The molecule has 0 radical (unpaired) electrons. The lowest BCUT2D eigenvalue weighted by Gasteiger charge is -2.13. The van der Waals surface area contributed by atoms with Crippen molar-refractivity contribution < 1.29 is 4.39 Å². The second kappa shape index (κ2) is 6.38. The van der Waals surface area contributed by atoms with Crippen molar-refractivity contribution in [1.82, 2.24) is 0 Å². The van der Waals surface area contributed by atoms with Crippen molar-refractivity contribution in [2.24, 2.45) is 5.73 Å². The SMILES string of the molecule is Cc1ccc(CC(N)Cc2cc(Cl)ccc2F)cc1C. The summed E-state index contributed by atoms with van der Waals surface area (Å²) in [4.78, 5) is 0. The number of benzene rings is 2. The summed E-state index contributed by atoms with van der Waals surface area (Å²) in [5, 5.41) is 0.541. The lowest BCUT2D eigenvalue weighted by Crippen LogP contribution is -2.26. The quantitative estimate of drug-likeness (QED) is 0.897. The normalized spacial score (nSPS) is 12.4. The molecule has 0 bridgehead atoms. The first kappa shape index (κ1) is 15.0. The molecule has 0 aliphatic rings. The van der Waals surface area contributed by atoms with Gasteiger partial charge in [-0.1, -0.05) is 29.8 Å². The van der Waals surface area contributed by atoms with E-state index < -0.39 is 0 Å². The first-order chi connectivity index (χ1) is 9.45. The molecule has 0 spiro atoms. The predicted molar refractivity (Wildman–Crippen MR) is 82.7 cm³/mol. The van der Waals surface area contributed by atoms with Crippen LogP contribution >= 0.6 is 11.6 Å². The van der Waals surface area contributed by atoms with Gasteiger partial charge in [0.05, 0.1) is 0 Å². The zero-order valence-electron chi connectivity index (χ0n) is 11.8. The Morgan fingerprint density at radius 3 is 2.50 bits per heavy atom. The van der Waals surface area contributed by atoms with Gasteiger partial charge in [-0.2, -0.15) is 0 Å². The van der Waals surface area contributed by atoms with E-state index in [4.69, 9.17) is 17.3 Å². The lowest BCUT2D eigenvalue weighted by atomic mass is 9.97. The Balaban J connectivity index is 2.06. The van der Waals surface area contributed by atoms with Gasteiger partial charge >= 0.3 is 0 Å². The molecule has 106 valence electrons. The maximum Gasteiger partial charge on any atom is 0.126 e. The maximum atomic E-state index is 13.7. The molecule has 0 saturated carbocycles. The molecule has 0 aromatic heterocycles. The van der Waals surface area contributed by atoms with Crippen LogP contribution in [0.2, 0.25) is 5.02 Å². The maximum absolute atomic E-state index is 13.7. The summed E-state index contributed by atoms with van der Waals surface area (Å²) in [6.45, 7) is 4.17. The molecular weight excluding hydrogens is 273 g/mol. The van der Waals surface area contributed by atoms with Gasteiger partial charge in [-0.3, -0.25) is 0 Å². The van der Waals surface area contributed by atoms with Crippen LogP contribution in [0, 0.1) is 19.7 Å². The molecule has 0 heterocycles. The number of hydrogen-bond acceptors (Lipinski definition) is 1. The zero-order valence-corrected chi connectivity index (χ0v) is 12.5. The van der Waals surface area contributed by atoms with Gasteiger partial charge in [-0.25, -0.2) is 4.39 Å². The van der Waals surface area contributed by atoms with Gasteiger partial charge in [0.25, 0.3) is 0 Å². The molecule has 3 heteroatoms. The van der Waals surface area contributed by atoms with E-state index in [1.807, 2.05) is 0 Å². The molecule has 2 aromatic carbocycles. The second-order valence-electron chi connectivity index (χ2n) is 5.32. The minimum absolute atomic E-state index is 0.120. The summed E-state index contributed by atoms with van der Waals surface area (Å²) in [5.41, 5.74) is 10.4. The van der Waals surface area contributed by atoms with Crippen LogP contribution in [0.3, 0.4) is 0 Å². The van der Waals surface area contributed by atoms with Crippen molar-refractivity contribution >= 4 is 11.6 Å². The van der Waals surface area contributed by atoms with Crippen LogP contribution in [0.4, 0.5) is 4.39 Å². The Morgan fingerprint density at radius 2 is 1.80 bits per heavy atom. The van der Waals surface area contributed by atoms with Gasteiger partial charge in [0, 0.05) is 11.1 Å². The number of rotatable bonds is 4. The van der Waals surface area contributed by atoms with Crippen molar-refractivity contribution in [2.45, 2.75) is 32.7 Å². The molecule has 0 saturated heterocycles. The third-order valence-corrected chi connectivity index (χ3v) is 3.79. The molecule has 2 rings (SSSR count). The van der Waals surface area contributed by atoms with E-state index >= 15 is 0 Å². The Morgan fingerprint density at radius 1 is 1.05 bits per heavy atom. The lowest BCUT2D eigenvalue weighted by molar-refractivity contribution is 0.584.